The fourth-order valence-electron chi connectivity index (χ4n) is 5.32. The summed E-state index contributed by atoms with van der Waals surface area (Å²) in [5.74, 6) is 1.30. The zero-order chi connectivity index (χ0) is 22.0. The van der Waals surface area contributed by atoms with Crippen molar-refractivity contribution in [1.82, 2.24) is 4.90 Å². The number of aryl methyl sites for hydroxylation is 1. The predicted molar refractivity (Wildman–Crippen MR) is 125 cm³/mol. The Bertz CT molecular complexity index is 921. The Morgan fingerprint density at radius 2 is 1.84 bits per heavy atom. The van der Waals surface area contributed by atoms with Crippen molar-refractivity contribution in [2.75, 3.05) is 20.7 Å². The summed E-state index contributed by atoms with van der Waals surface area (Å²) in [6.45, 7) is 0.0864. The fraction of sp³-hybridized carbons (Fsp3) is 0.519. The highest BCUT2D eigenvalue weighted by Crippen LogP contribution is 2.40. The minimum atomic E-state index is -0.388. The quantitative estimate of drug-likeness (QED) is 0.750. The first-order valence-corrected chi connectivity index (χ1v) is 11.6. The molecule has 2 aliphatic rings. The second-order valence-electron chi connectivity index (χ2n) is 10.1. The molecule has 4 heteroatoms. The van der Waals surface area contributed by atoms with Crippen LogP contribution >= 0.6 is 0 Å². The summed E-state index contributed by atoms with van der Waals surface area (Å²) in [6.07, 6.45) is 7.95. The molecule has 1 saturated carbocycles. The number of aliphatic hydroxyl groups is 1. The van der Waals surface area contributed by atoms with Gasteiger partial charge in [0.05, 0.1) is 13.0 Å². The van der Waals surface area contributed by atoms with Crippen LogP contribution < -0.4 is 5.73 Å². The summed E-state index contributed by atoms with van der Waals surface area (Å²) < 4.78 is 0. The molecule has 0 radical (unpaired) electrons. The molecule has 3 atom stereocenters. The second-order valence-corrected chi connectivity index (χ2v) is 10.1. The molecule has 0 saturated heterocycles. The standard InChI is InChI=1S/C27H36N2O2/c1-29(2)26(31)15-20-5-3-19(4-6-20)13-21-7-8-23-16-24(10-9-22(23)14-21)25-11-12-27(28,17-25)18-30/h3-6,9-10,16,21,25,30H,7-8,11-15,17-18,28H2,1-2H3/t21-,25-,27+/m0/s1. The maximum Gasteiger partial charge on any atom is 0.226 e. The number of nitrogens with two attached hydrogens (primary N) is 1. The van der Waals surface area contributed by atoms with Crippen molar-refractivity contribution in [2.45, 2.75) is 62.8 Å². The Morgan fingerprint density at radius 3 is 2.52 bits per heavy atom. The first-order valence-electron chi connectivity index (χ1n) is 11.6. The van der Waals surface area contributed by atoms with Gasteiger partial charge in [0.25, 0.3) is 0 Å². The normalized spacial score (nSPS) is 25.3. The first-order chi connectivity index (χ1) is 14.8. The van der Waals surface area contributed by atoms with Crippen LogP contribution in [0.1, 0.15) is 59.4 Å². The van der Waals surface area contributed by atoms with Gasteiger partial charge in [0.2, 0.25) is 5.91 Å². The lowest BCUT2D eigenvalue weighted by molar-refractivity contribution is -0.127. The van der Waals surface area contributed by atoms with E-state index in [0.29, 0.717) is 18.3 Å². The average Bonchev–Trinajstić information content (AvgIpc) is 3.17. The molecule has 0 unspecified atom stereocenters. The number of fused-ring (bicyclic) bond motifs is 1. The molecule has 166 valence electrons. The van der Waals surface area contributed by atoms with Gasteiger partial charge in [-0.2, -0.15) is 0 Å². The Morgan fingerprint density at radius 1 is 1.10 bits per heavy atom. The number of rotatable bonds is 6. The minimum absolute atomic E-state index is 0.0864. The topological polar surface area (TPSA) is 66.6 Å². The van der Waals surface area contributed by atoms with Gasteiger partial charge in [-0.05, 0) is 84.6 Å². The molecule has 4 nitrogen and oxygen atoms in total. The second kappa shape index (κ2) is 9.13. The van der Waals surface area contributed by atoms with Crippen LogP contribution in [0.5, 0.6) is 0 Å². The number of benzene rings is 2. The third-order valence-electron chi connectivity index (χ3n) is 7.39. The highest BCUT2D eigenvalue weighted by atomic mass is 16.3. The number of amides is 1. The van der Waals surface area contributed by atoms with Gasteiger partial charge >= 0.3 is 0 Å². The lowest BCUT2D eigenvalue weighted by atomic mass is 9.79. The van der Waals surface area contributed by atoms with Crippen molar-refractivity contribution in [3.05, 3.63) is 70.3 Å². The SMILES string of the molecule is CN(C)C(=O)Cc1ccc(C[C@@H]2CCc3cc([C@H]4CC[C@](N)(CO)C4)ccc3C2)cc1. The van der Waals surface area contributed by atoms with E-state index in [4.69, 9.17) is 5.73 Å². The predicted octanol–water partition coefficient (Wildman–Crippen LogP) is 3.62. The van der Waals surface area contributed by atoms with E-state index in [1.807, 2.05) is 0 Å². The zero-order valence-electron chi connectivity index (χ0n) is 18.9. The maximum atomic E-state index is 11.9. The van der Waals surface area contributed by atoms with Crippen LogP contribution in [-0.2, 0) is 30.5 Å². The summed E-state index contributed by atoms with van der Waals surface area (Å²) in [4.78, 5) is 13.5. The monoisotopic (exact) mass is 420 g/mol. The number of carbonyl (C=O) groups excluding carboxylic acids is 1. The largest absolute Gasteiger partial charge is 0.394 e. The number of hydrogen-bond donors (Lipinski definition) is 2. The molecular formula is C27H36N2O2. The molecule has 3 N–H and O–H groups in total. The average molecular weight is 421 g/mol. The number of hydrogen-bond acceptors (Lipinski definition) is 3. The van der Waals surface area contributed by atoms with Crippen molar-refractivity contribution in [3.8, 4) is 0 Å². The molecule has 0 bridgehead atoms. The minimum Gasteiger partial charge on any atom is -0.394 e. The molecule has 0 aromatic heterocycles. The van der Waals surface area contributed by atoms with E-state index in [2.05, 4.69) is 42.5 Å². The van der Waals surface area contributed by atoms with E-state index in [1.165, 1.54) is 28.7 Å². The van der Waals surface area contributed by atoms with E-state index in [0.717, 1.165) is 44.1 Å². The van der Waals surface area contributed by atoms with Crippen molar-refractivity contribution < 1.29 is 9.90 Å². The van der Waals surface area contributed by atoms with Gasteiger partial charge in [-0.25, -0.2) is 0 Å². The maximum absolute atomic E-state index is 11.9. The summed E-state index contributed by atoms with van der Waals surface area (Å²) in [5.41, 5.74) is 12.7. The van der Waals surface area contributed by atoms with Gasteiger partial charge in [0.1, 0.15) is 0 Å². The van der Waals surface area contributed by atoms with Gasteiger partial charge in [0.15, 0.2) is 0 Å². The van der Waals surface area contributed by atoms with Gasteiger partial charge in [0, 0.05) is 19.6 Å². The number of likely N-dealkylation sites (N-methyl/N-ethyl adjacent to an activating group) is 1. The third kappa shape index (κ3) is 5.19. The fourth-order valence-corrected chi connectivity index (χ4v) is 5.32. The smallest absolute Gasteiger partial charge is 0.226 e. The van der Waals surface area contributed by atoms with E-state index in [-0.39, 0.29) is 18.1 Å². The number of nitrogens with zero attached hydrogens (tertiary/aromatic N) is 1. The van der Waals surface area contributed by atoms with Crippen LogP contribution in [0.3, 0.4) is 0 Å². The van der Waals surface area contributed by atoms with Crippen LogP contribution in [0.15, 0.2) is 42.5 Å². The van der Waals surface area contributed by atoms with Gasteiger partial charge < -0.3 is 15.7 Å². The van der Waals surface area contributed by atoms with Crippen molar-refractivity contribution in [2.24, 2.45) is 11.7 Å². The Labute approximate surface area is 186 Å². The van der Waals surface area contributed by atoms with Gasteiger partial charge in [-0.15, -0.1) is 0 Å². The molecule has 0 heterocycles. The van der Waals surface area contributed by atoms with Crippen molar-refractivity contribution in [1.29, 1.82) is 0 Å². The zero-order valence-corrected chi connectivity index (χ0v) is 18.9. The summed E-state index contributed by atoms with van der Waals surface area (Å²) in [7, 11) is 3.60. The summed E-state index contributed by atoms with van der Waals surface area (Å²) in [5, 5.41) is 9.57. The number of carbonyl (C=O) groups is 1. The van der Waals surface area contributed by atoms with Gasteiger partial charge in [-0.3, -0.25) is 4.79 Å². The lowest BCUT2D eigenvalue weighted by Crippen LogP contribution is -2.40. The van der Waals surface area contributed by atoms with Crippen molar-refractivity contribution in [3.63, 3.8) is 0 Å². The van der Waals surface area contributed by atoms with E-state index < -0.39 is 0 Å². The van der Waals surface area contributed by atoms with Gasteiger partial charge in [-0.1, -0.05) is 42.5 Å². The molecule has 2 aromatic carbocycles. The number of aliphatic hydroxyl groups excluding tert-OH is 1. The Balaban J connectivity index is 1.36. The van der Waals surface area contributed by atoms with Crippen LogP contribution in [0.2, 0.25) is 0 Å². The first kappa shape index (κ1) is 22.0. The molecule has 2 aliphatic carbocycles. The summed E-state index contributed by atoms with van der Waals surface area (Å²) in [6, 6.07) is 15.6. The van der Waals surface area contributed by atoms with E-state index in [9.17, 15) is 9.90 Å². The summed E-state index contributed by atoms with van der Waals surface area (Å²) >= 11 is 0. The van der Waals surface area contributed by atoms with Crippen LogP contribution in [-0.4, -0.2) is 42.2 Å². The molecule has 2 aromatic rings. The highest BCUT2D eigenvalue weighted by molar-refractivity contribution is 5.78. The third-order valence-corrected chi connectivity index (χ3v) is 7.39. The lowest BCUT2D eigenvalue weighted by Gasteiger charge is -2.26. The molecule has 0 spiro atoms. The molecule has 1 amide bonds. The molecule has 31 heavy (non-hydrogen) atoms. The van der Waals surface area contributed by atoms with Crippen LogP contribution in [0.4, 0.5) is 0 Å². The van der Waals surface area contributed by atoms with Crippen LogP contribution in [0.25, 0.3) is 0 Å². The van der Waals surface area contributed by atoms with E-state index in [1.54, 1.807) is 19.0 Å². The molecule has 1 fully saturated rings. The Hall–Kier alpha value is -2.17. The molecular weight excluding hydrogens is 384 g/mol. The van der Waals surface area contributed by atoms with Crippen molar-refractivity contribution >= 4 is 5.91 Å². The van der Waals surface area contributed by atoms with E-state index >= 15 is 0 Å². The Kier molecular flexibility index (Phi) is 6.49. The molecule has 0 aliphatic heterocycles. The highest BCUT2D eigenvalue weighted by Gasteiger charge is 2.36. The van der Waals surface area contributed by atoms with Crippen LogP contribution in [0, 0.1) is 5.92 Å². The molecule has 4 rings (SSSR count).